The molecule has 0 bridgehead atoms. The Labute approximate surface area is 108 Å². The van der Waals surface area contributed by atoms with Crippen molar-refractivity contribution >= 4 is 31.9 Å². The number of aliphatic hydroxyl groups excluding tert-OH is 1. The van der Waals surface area contributed by atoms with Crippen LogP contribution in [0.4, 0.5) is 8.78 Å². The van der Waals surface area contributed by atoms with Crippen molar-refractivity contribution in [2.75, 3.05) is 6.61 Å². The average Bonchev–Trinajstić information content (AvgIpc) is 2.22. The molecule has 1 atom stereocenters. The van der Waals surface area contributed by atoms with Crippen LogP contribution in [0, 0.1) is 0 Å². The van der Waals surface area contributed by atoms with Gasteiger partial charge in [0, 0.05) is 10.0 Å². The Bertz CT molecular complexity index is 401. The molecular weight excluding hydrogens is 352 g/mol. The van der Waals surface area contributed by atoms with Crippen LogP contribution in [0.5, 0.6) is 5.75 Å². The molecule has 4 N–H and O–H groups in total. The van der Waals surface area contributed by atoms with Crippen molar-refractivity contribution in [2.24, 2.45) is 5.73 Å². The van der Waals surface area contributed by atoms with Crippen LogP contribution in [0.2, 0.25) is 0 Å². The zero-order chi connectivity index (χ0) is 12.5. The first kappa shape index (κ1) is 13.8. The molecule has 0 aliphatic heterocycles. The lowest BCUT2D eigenvalue weighted by Crippen LogP contribution is -2.36. The van der Waals surface area contributed by atoms with E-state index in [2.05, 4.69) is 31.9 Å². The molecule has 0 amide bonds. The van der Waals surface area contributed by atoms with Gasteiger partial charge in [0.05, 0.1) is 4.47 Å². The molecule has 0 aliphatic rings. The highest BCUT2D eigenvalue weighted by Gasteiger charge is 2.39. The van der Waals surface area contributed by atoms with Crippen molar-refractivity contribution in [3.8, 4) is 5.75 Å². The molecule has 0 aliphatic carbocycles. The van der Waals surface area contributed by atoms with E-state index in [0.29, 0.717) is 4.47 Å². The van der Waals surface area contributed by atoms with E-state index in [4.69, 9.17) is 10.8 Å². The van der Waals surface area contributed by atoms with Gasteiger partial charge < -0.3 is 15.9 Å². The van der Waals surface area contributed by atoms with Gasteiger partial charge in [-0.05, 0) is 28.1 Å². The Kier molecular flexibility index (Phi) is 4.28. The van der Waals surface area contributed by atoms with Crippen molar-refractivity contribution in [3.05, 3.63) is 26.6 Å². The molecule has 0 saturated carbocycles. The summed E-state index contributed by atoms with van der Waals surface area (Å²) in [5.74, 6) is -3.85. The van der Waals surface area contributed by atoms with Crippen LogP contribution in [0.1, 0.15) is 11.6 Å². The van der Waals surface area contributed by atoms with E-state index in [1.165, 1.54) is 12.1 Å². The molecule has 7 heteroatoms. The number of rotatable bonds is 3. The molecule has 1 aromatic rings. The first-order valence-electron chi connectivity index (χ1n) is 4.21. The third-order valence-corrected chi connectivity index (χ3v) is 3.12. The number of hydrogen-bond acceptors (Lipinski definition) is 3. The van der Waals surface area contributed by atoms with Gasteiger partial charge in [0.15, 0.2) is 0 Å². The Morgan fingerprint density at radius 1 is 1.38 bits per heavy atom. The topological polar surface area (TPSA) is 66.5 Å². The van der Waals surface area contributed by atoms with Crippen LogP contribution in [-0.2, 0) is 0 Å². The Hall–Kier alpha value is -0.240. The van der Waals surface area contributed by atoms with Gasteiger partial charge in [-0.15, -0.1) is 0 Å². The molecule has 0 radical (unpaired) electrons. The van der Waals surface area contributed by atoms with Crippen molar-refractivity contribution in [1.29, 1.82) is 0 Å². The molecule has 3 nitrogen and oxygen atoms in total. The highest BCUT2D eigenvalue weighted by molar-refractivity contribution is 9.11. The molecule has 1 rings (SSSR count). The number of alkyl halides is 2. The second-order valence-corrected chi connectivity index (χ2v) is 4.99. The molecule has 0 heterocycles. The van der Waals surface area contributed by atoms with E-state index in [-0.39, 0.29) is 15.8 Å². The molecule has 0 spiro atoms. The fourth-order valence-electron chi connectivity index (χ4n) is 1.15. The quantitative estimate of drug-likeness (QED) is 0.776. The number of phenols is 1. The monoisotopic (exact) mass is 359 g/mol. The summed E-state index contributed by atoms with van der Waals surface area (Å²) in [6.07, 6.45) is 0. The molecule has 1 aromatic carbocycles. The number of halogens is 4. The second kappa shape index (κ2) is 4.95. The lowest BCUT2D eigenvalue weighted by atomic mass is 10.0. The smallest absolute Gasteiger partial charge is 0.289 e. The molecule has 0 aromatic heterocycles. The summed E-state index contributed by atoms with van der Waals surface area (Å²) < 4.78 is 27.1. The normalized spacial score (nSPS) is 13.9. The Morgan fingerprint density at radius 2 is 1.94 bits per heavy atom. The minimum Gasteiger partial charge on any atom is -0.506 e. The summed E-state index contributed by atoms with van der Waals surface area (Å²) in [5.41, 5.74) is 5.17. The van der Waals surface area contributed by atoms with Gasteiger partial charge in [0.1, 0.15) is 18.4 Å². The van der Waals surface area contributed by atoms with Crippen LogP contribution in [0.15, 0.2) is 21.1 Å². The maximum absolute atomic E-state index is 13.2. The van der Waals surface area contributed by atoms with Crippen molar-refractivity contribution < 1.29 is 19.0 Å². The predicted octanol–water partition coefficient (Wildman–Crippen LogP) is 2.54. The van der Waals surface area contributed by atoms with E-state index >= 15 is 0 Å². The number of aliphatic hydroxyl groups is 1. The molecule has 0 unspecified atom stereocenters. The molecule has 0 saturated heterocycles. The van der Waals surface area contributed by atoms with E-state index in [0.717, 1.165) is 0 Å². The van der Waals surface area contributed by atoms with Crippen LogP contribution >= 0.6 is 31.9 Å². The fourth-order valence-corrected chi connectivity index (χ4v) is 2.41. The zero-order valence-electron chi connectivity index (χ0n) is 7.92. The minimum atomic E-state index is -3.49. The summed E-state index contributed by atoms with van der Waals surface area (Å²) >= 11 is 6.11. The summed E-state index contributed by atoms with van der Waals surface area (Å²) in [4.78, 5) is 0. The summed E-state index contributed by atoms with van der Waals surface area (Å²) in [7, 11) is 0. The highest BCUT2D eigenvalue weighted by atomic mass is 79.9. The van der Waals surface area contributed by atoms with Gasteiger partial charge in [0.25, 0.3) is 5.92 Å². The third kappa shape index (κ3) is 2.71. The van der Waals surface area contributed by atoms with Crippen molar-refractivity contribution in [2.45, 2.75) is 12.0 Å². The van der Waals surface area contributed by atoms with Gasteiger partial charge in [-0.2, -0.15) is 0 Å². The molecule has 90 valence electrons. The maximum atomic E-state index is 13.2. The van der Waals surface area contributed by atoms with E-state index in [1.807, 2.05) is 0 Å². The lowest BCUT2D eigenvalue weighted by Gasteiger charge is -2.23. The largest absolute Gasteiger partial charge is 0.506 e. The van der Waals surface area contributed by atoms with E-state index in [9.17, 15) is 13.9 Å². The number of hydrogen-bond donors (Lipinski definition) is 3. The first-order valence-corrected chi connectivity index (χ1v) is 5.80. The Morgan fingerprint density at radius 3 is 2.44 bits per heavy atom. The summed E-state index contributed by atoms with van der Waals surface area (Å²) in [6.45, 7) is -1.38. The van der Waals surface area contributed by atoms with Gasteiger partial charge in [-0.1, -0.05) is 15.9 Å². The molecule has 16 heavy (non-hydrogen) atoms. The van der Waals surface area contributed by atoms with Crippen LogP contribution in [0.3, 0.4) is 0 Å². The number of phenolic OH excluding ortho intramolecular Hbond substituents is 1. The predicted molar refractivity (Wildman–Crippen MR) is 62.5 cm³/mol. The van der Waals surface area contributed by atoms with Gasteiger partial charge in [-0.3, -0.25) is 0 Å². The highest BCUT2D eigenvalue weighted by Crippen LogP contribution is 2.39. The average molecular weight is 361 g/mol. The van der Waals surface area contributed by atoms with E-state index < -0.39 is 18.6 Å². The third-order valence-electron chi connectivity index (χ3n) is 2.06. The molecule has 0 fully saturated rings. The first-order chi connectivity index (χ1) is 7.29. The fraction of sp³-hybridized carbons (Fsp3) is 0.333. The van der Waals surface area contributed by atoms with E-state index in [1.54, 1.807) is 0 Å². The van der Waals surface area contributed by atoms with Crippen LogP contribution in [0.25, 0.3) is 0 Å². The second-order valence-electron chi connectivity index (χ2n) is 3.22. The van der Waals surface area contributed by atoms with Crippen molar-refractivity contribution in [1.82, 2.24) is 0 Å². The van der Waals surface area contributed by atoms with Crippen LogP contribution in [-0.4, -0.2) is 22.7 Å². The standard InChI is InChI=1S/C9H9Br2F2NO2/c10-4-1-5(7(16)6(11)2-4)8(14)9(12,13)3-15/h1-2,8,15-16H,3,14H2/t8-/m1/s1. The Balaban J connectivity index is 3.23. The summed E-state index contributed by atoms with van der Waals surface area (Å²) in [6, 6.07) is 1.02. The minimum absolute atomic E-state index is 0.139. The van der Waals surface area contributed by atoms with Crippen LogP contribution < -0.4 is 5.73 Å². The maximum Gasteiger partial charge on any atom is 0.289 e. The number of aromatic hydroxyl groups is 1. The number of nitrogens with two attached hydrogens (primary N) is 1. The van der Waals surface area contributed by atoms with Crippen molar-refractivity contribution in [3.63, 3.8) is 0 Å². The lowest BCUT2D eigenvalue weighted by molar-refractivity contribution is -0.0716. The molecular formula is C9H9Br2F2NO2. The SMILES string of the molecule is N[C@H](c1cc(Br)cc(Br)c1O)C(F)(F)CO. The number of benzene rings is 1. The van der Waals surface area contributed by atoms with Gasteiger partial charge in [-0.25, -0.2) is 8.78 Å². The zero-order valence-corrected chi connectivity index (χ0v) is 11.1. The van der Waals surface area contributed by atoms with Gasteiger partial charge >= 0.3 is 0 Å². The summed E-state index contributed by atoms with van der Waals surface area (Å²) in [5, 5.41) is 18.1. The van der Waals surface area contributed by atoms with Gasteiger partial charge in [0.2, 0.25) is 0 Å².